The molecule has 1 aliphatic rings. The maximum Gasteiger partial charge on any atom is 0.268 e. The van der Waals surface area contributed by atoms with E-state index in [1.165, 1.54) is 11.4 Å². The lowest BCUT2D eigenvalue weighted by atomic mass is 10.1. The summed E-state index contributed by atoms with van der Waals surface area (Å²) in [5.74, 6) is 0.363. The van der Waals surface area contributed by atoms with Crippen molar-refractivity contribution in [2.45, 2.75) is 31.2 Å². The number of aryl methyl sites for hydroxylation is 1. The van der Waals surface area contributed by atoms with E-state index in [4.69, 9.17) is 4.74 Å². The number of hydrogen-bond acceptors (Lipinski definition) is 3. The predicted molar refractivity (Wildman–Crippen MR) is 94.7 cm³/mol. The average molecular weight is 396 g/mol. The van der Waals surface area contributed by atoms with Gasteiger partial charge in [-0.05, 0) is 49.6 Å². The molecule has 0 unspecified atom stereocenters. The van der Waals surface area contributed by atoms with Crippen LogP contribution in [0.1, 0.15) is 18.1 Å². The topological polar surface area (TPSA) is 46.6 Å². The van der Waals surface area contributed by atoms with Crippen molar-refractivity contribution in [2.75, 3.05) is 11.4 Å². The van der Waals surface area contributed by atoms with E-state index in [-0.39, 0.29) is 10.9 Å². The van der Waals surface area contributed by atoms with Crippen LogP contribution < -0.4 is 9.04 Å². The monoisotopic (exact) mass is 395 g/mol. The summed E-state index contributed by atoms with van der Waals surface area (Å²) in [5, 5.41) is 0. The molecule has 1 aliphatic heterocycles. The molecular weight excluding hydrogens is 378 g/mol. The van der Waals surface area contributed by atoms with Gasteiger partial charge in [0.15, 0.2) is 0 Å². The first-order valence-corrected chi connectivity index (χ1v) is 9.56. The van der Waals surface area contributed by atoms with E-state index in [2.05, 4.69) is 15.9 Å². The number of rotatable bonds is 3. The average Bonchev–Trinajstić information content (AvgIpc) is 2.85. The first kappa shape index (κ1) is 16.3. The molecule has 0 amide bonds. The fraction of sp³-hybridized carbons (Fsp3) is 0.294. The molecule has 23 heavy (non-hydrogen) atoms. The number of fused-ring (bicyclic) bond motifs is 1. The molecular formula is C17H18BrNO3S. The van der Waals surface area contributed by atoms with Crippen LogP contribution in [0.4, 0.5) is 5.69 Å². The number of anilines is 1. The summed E-state index contributed by atoms with van der Waals surface area (Å²) < 4.78 is 34.1. The lowest BCUT2D eigenvalue weighted by Crippen LogP contribution is -2.36. The Hall–Kier alpha value is -1.53. The lowest BCUT2D eigenvalue weighted by Gasteiger charge is -2.25. The molecule has 122 valence electrons. The highest BCUT2D eigenvalue weighted by Crippen LogP contribution is 2.40. The number of para-hydroxylation sites is 1. The number of ether oxygens (including phenoxy) is 1. The Morgan fingerprint density at radius 2 is 1.96 bits per heavy atom. The predicted octanol–water partition coefficient (Wildman–Crippen LogP) is 3.91. The van der Waals surface area contributed by atoms with Gasteiger partial charge >= 0.3 is 0 Å². The van der Waals surface area contributed by atoms with Crippen LogP contribution in [-0.2, 0) is 16.4 Å². The Kier molecular flexibility index (Phi) is 4.14. The number of benzene rings is 2. The van der Waals surface area contributed by atoms with E-state index < -0.39 is 10.0 Å². The molecule has 0 fully saturated rings. The summed E-state index contributed by atoms with van der Waals surface area (Å²) in [6, 6.07) is 10.9. The van der Waals surface area contributed by atoms with Gasteiger partial charge < -0.3 is 4.74 Å². The summed E-state index contributed by atoms with van der Waals surface area (Å²) in [4.78, 5) is 0.182. The van der Waals surface area contributed by atoms with Gasteiger partial charge in [-0.15, -0.1) is 0 Å². The first-order chi connectivity index (χ1) is 10.9. The molecule has 2 aromatic rings. The van der Waals surface area contributed by atoms with Crippen LogP contribution in [0.3, 0.4) is 0 Å². The highest BCUT2D eigenvalue weighted by Gasteiger charge is 2.37. The quantitative estimate of drug-likeness (QED) is 0.791. The van der Waals surface area contributed by atoms with Gasteiger partial charge in [-0.1, -0.05) is 34.1 Å². The molecule has 0 bridgehead atoms. The summed E-state index contributed by atoms with van der Waals surface area (Å²) in [6.07, 6.45) is 0.713. The van der Waals surface area contributed by atoms with Gasteiger partial charge in [0.2, 0.25) is 0 Å². The first-order valence-electron chi connectivity index (χ1n) is 7.32. The van der Waals surface area contributed by atoms with Crippen LogP contribution in [0.25, 0.3) is 0 Å². The SMILES string of the molecule is COc1cc(C)c(Br)cc1S(=O)(=O)N1c2ccccc2C[C@@H]1C. The molecule has 2 aromatic carbocycles. The number of hydrogen-bond donors (Lipinski definition) is 0. The third-order valence-corrected chi connectivity index (χ3v) is 6.93. The van der Waals surface area contributed by atoms with Crippen molar-refractivity contribution in [3.8, 4) is 5.75 Å². The van der Waals surface area contributed by atoms with Crippen LogP contribution in [0.5, 0.6) is 5.75 Å². The van der Waals surface area contributed by atoms with Crippen molar-refractivity contribution in [3.63, 3.8) is 0 Å². The molecule has 0 aromatic heterocycles. The standard InChI is InChI=1S/C17H18BrNO3S/c1-11-8-16(22-3)17(10-14(11)18)23(20,21)19-12(2)9-13-6-4-5-7-15(13)19/h4-8,10,12H,9H2,1-3H3/t12-/m0/s1. The molecule has 0 aliphatic carbocycles. The zero-order chi connectivity index (χ0) is 16.8. The van der Waals surface area contributed by atoms with Crippen LogP contribution in [0.15, 0.2) is 45.8 Å². The number of sulfonamides is 1. The zero-order valence-corrected chi connectivity index (χ0v) is 15.6. The maximum atomic E-state index is 13.3. The second-order valence-corrected chi connectivity index (χ2v) is 8.37. The molecule has 4 nitrogen and oxygen atoms in total. The normalized spacial score (nSPS) is 17.2. The van der Waals surface area contributed by atoms with Crippen molar-refractivity contribution < 1.29 is 13.2 Å². The third-order valence-electron chi connectivity index (χ3n) is 4.13. The van der Waals surface area contributed by atoms with E-state index in [1.54, 1.807) is 12.1 Å². The molecule has 0 saturated carbocycles. The molecule has 1 atom stereocenters. The van der Waals surface area contributed by atoms with E-state index in [0.29, 0.717) is 12.2 Å². The third kappa shape index (κ3) is 2.64. The molecule has 0 N–H and O–H groups in total. The number of nitrogens with zero attached hydrogens (tertiary/aromatic N) is 1. The minimum Gasteiger partial charge on any atom is -0.495 e. The van der Waals surface area contributed by atoms with Crippen molar-refractivity contribution >= 4 is 31.6 Å². The Bertz CT molecular complexity index is 864. The lowest BCUT2D eigenvalue weighted by molar-refractivity contribution is 0.402. The fourth-order valence-electron chi connectivity index (χ4n) is 3.01. The fourth-order valence-corrected chi connectivity index (χ4v) is 5.36. The van der Waals surface area contributed by atoms with Gasteiger partial charge in [-0.2, -0.15) is 0 Å². The molecule has 6 heteroatoms. The van der Waals surface area contributed by atoms with Crippen molar-refractivity contribution in [2.24, 2.45) is 0 Å². The largest absolute Gasteiger partial charge is 0.495 e. The highest BCUT2D eigenvalue weighted by molar-refractivity contribution is 9.10. The summed E-state index contributed by atoms with van der Waals surface area (Å²) in [6.45, 7) is 3.82. The molecule has 0 saturated heterocycles. The van der Waals surface area contributed by atoms with Crippen molar-refractivity contribution in [1.29, 1.82) is 0 Å². The van der Waals surface area contributed by atoms with Crippen LogP contribution in [0.2, 0.25) is 0 Å². The molecule has 1 heterocycles. The van der Waals surface area contributed by atoms with E-state index >= 15 is 0 Å². The Morgan fingerprint density at radius 3 is 2.65 bits per heavy atom. The Morgan fingerprint density at radius 1 is 1.26 bits per heavy atom. The van der Waals surface area contributed by atoms with E-state index in [1.807, 2.05) is 38.1 Å². The molecule has 3 rings (SSSR count). The second-order valence-electron chi connectivity index (χ2n) is 5.73. The van der Waals surface area contributed by atoms with Crippen molar-refractivity contribution in [3.05, 3.63) is 52.0 Å². The summed E-state index contributed by atoms with van der Waals surface area (Å²) in [7, 11) is -2.22. The Labute approximate surface area is 145 Å². The molecule has 0 spiro atoms. The number of halogens is 1. The van der Waals surface area contributed by atoms with Crippen molar-refractivity contribution in [1.82, 2.24) is 0 Å². The van der Waals surface area contributed by atoms with Gasteiger partial charge in [-0.3, -0.25) is 4.31 Å². The van der Waals surface area contributed by atoms with Crippen LogP contribution in [0, 0.1) is 6.92 Å². The Balaban J connectivity index is 2.19. The number of methoxy groups -OCH3 is 1. The van der Waals surface area contributed by atoms with Crippen LogP contribution in [-0.4, -0.2) is 21.6 Å². The van der Waals surface area contributed by atoms with Crippen LogP contribution >= 0.6 is 15.9 Å². The van der Waals surface area contributed by atoms with E-state index in [0.717, 1.165) is 21.3 Å². The highest BCUT2D eigenvalue weighted by atomic mass is 79.9. The zero-order valence-electron chi connectivity index (χ0n) is 13.2. The molecule has 0 radical (unpaired) electrons. The van der Waals surface area contributed by atoms with Gasteiger partial charge in [-0.25, -0.2) is 8.42 Å². The minimum atomic E-state index is -3.70. The smallest absolute Gasteiger partial charge is 0.268 e. The van der Waals surface area contributed by atoms with Gasteiger partial charge in [0.25, 0.3) is 10.0 Å². The maximum absolute atomic E-state index is 13.3. The summed E-state index contributed by atoms with van der Waals surface area (Å²) >= 11 is 3.42. The van der Waals surface area contributed by atoms with Gasteiger partial charge in [0.05, 0.1) is 12.8 Å². The minimum absolute atomic E-state index is 0.123. The second kappa shape index (κ2) is 5.83. The van der Waals surface area contributed by atoms with Gasteiger partial charge in [0.1, 0.15) is 10.6 Å². The van der Waals surface area contributed by atoms with Gasteiger partial charge in [0, 0.05) is 10.5 Å². The van der Waals surface area contributed by atoms with E-state index in [9.17, 15) is 8.42 Å². The summed E-state index contributed by atoms with van der Waals surface area (Å²) in [5.41, 5.74) is 2.73.